The van der Waals surface area contributed by atoms with E-state index in [1.165, 1.54) is 0 Å². The van der Waals surface area contributed by atoms with Crippen LogP contribution in [0.15, 0.2) is 0 Å². The minimum atomic E-state index is -3.28. The SMILES string of the molecule is CS(=O)(=O)NOC1CCCCO1. The lowest BCUT2D eigenvalue weighted by atomic mass is 10.2. The molecule has 0 aromatic carbocycles. The van der Waals surface area contributed by atoms with E-state index in [4.69, 9.17) is 9.57 Å². The molecule has 1 saturated heterocycles. The Morgan fingerprint density at radius 1 is 1.50 bits per heavy atom. The molecular weight excluding hydrogens is 182 g/mol. The van der Waals surface area contributed by atoms with E-state index in [0.29, 0.717) is 6.61 Å². The van der Waals surface area contributed by atoms with Gasteiger partial charge in [0.05, 0.1) is 6.26 Å². The first-order valence-corrected chi connectivity index (χ1v) is 5.71. The minimum Gasteiger partial charge on any atom is -0.351 e. The first-order chi connectivity index (χ1) is 5.58. The largest absolute Gasteiger partial charge is 0.351 e. The van der Waals surface area contributed by atoms with E-state index in [1.54, 1.807) is 0 Å². The summed E-state index contributed by atoms with van der Waals surface area (Å²) in [5, 5.41) is 0. The van der Waals surface area contributed by atoms with Crippen LogP contribution >= 0.6 is 0 Å². The first-order valence-electron chi connectivity index (χ1n) is 3.82. The average Bonchev–Trinajstić information content (AvgIpc) is 2.02. The van der Waals surface area contributed by atoms with Crippen LogP contribution in [0.5, 0.6) is 0 Å². The predicted octanol–water partition coefficient (Wildman–Crippen LogP) is -0.00620. The molecule has 1 N–H and O–H groups in total. The Balaban J connectivity index is 2.22. The van der Waals surface area contributed by atoms with E-state index in [-0.39, 0.29) is 0 Å². The molecule has 1 atom stereocenters. The number of hydrogen-bond donors (Lipinski definition) is 1. The van der Waals surface area contributed by atoms with Gasteiger partial charge < -0.3 is 4.74 Å². The van der Waals surface area contributed by atoms with Gasteiger partial charge in [0.1, 0.15) is 0 Å². The van der Waals surface area contributed by atoms with Gasteiger partial charge in [-0.1, -0.05) is 4.89 Å². The number of rotatable bonds is 3. The zero-order valence-electron chi connectivity index (χ0n) is 6.95. The van der Waals surface area contributed by atoms with E-state index >= 15 is 0 Å². The van der Waals surface area contributed by atoms with Crippen molar-refractivity contribution in [1.29, 1.82) is 0 Å². The van der Waals surface area contributed by atoms with Crippen LogP contribution < -0.4 is 4.89 Å². The van der Waals surface area contributed by atoms with Gasteiger partial charge in [0.2, 0.25) is 10.0 Å². The van der Waals surface area contributed by atoms with Crippen molar-refractivity contribution in [2.45, 2.75) is 25.6 Å². The smallest absolute Gasteiger partial charge is 0.230 e. The molecule has 5 nitrogen and oxygen atoms in total. The maximum absolute atomic E-state index is 10.6. The predicted molar refractivity (Wildman–Crippen MR) is 42.7 cm³/mol. The summed E-state index contributed by atoms with van der Waals surface area (Å²) in [5.41, 5.74) is 0. The van der Waals surface area contributed by atoms with Crippen LogP contribution in [0.3, 0.4) is 0 Å². The van der Waals surface area contributed by atoms with Gasteiger partial charge in [0, 0.05) is 13.0 Å². The molecule has 1 fully saturated rings. The number of sulfonamides is 1. The molecule has 0 aromatic rings. The van der Waals surface area contributed by atoms with Crippen molar-refractivity contribution in [2.75, 3.05) is 12.9 Å². The van der Waals surface area contributed by atoms with Gasteiger partial charge in [0.15, 0.2) is 6.29 Å². The lowest BCUT2D eigenvalue weighted by molar-refractivity contribution is -0.179. The zero-order valence-corrected chi connectivity index (χ0v) is 7.76. The fourth-order valence-corrected chi connectivity index (χ4v) is 1.23. The van der Waals surface area contributed by atoms with Gasteiger partial charge in [0.25, 0.3) is 0 Å². The maximum atomic E-state index is 10.6. The standard InChI is InChI=1S/C6H13NO4S/c1-12(8,9)7-11-6-4-2-3-5-10-6/h6-7H,2-5H2,1H3. The molecular formula is C6H13NO4S. The third kappa shape index (κ3) is 4.01. The van der Waals surface area contributed by atoms with Crippen LogP contribution in [0.4, 0.5) is 0 Å². The molecule has 0 aliphatic carbocycles. The Morgan fingerprint density at radius 3 is 2.75 bits per heavy atom. The molecule has 0 amide bonds. The highest BCUT2D eigenvalue weighted by Gasteiger charge is 2.15. The molecule has 1 aliphatic rings. The fourth-order valence-electron chi connectivity index (χ4n) is 0.945. The summed E-state index contributed by atoms with van der Waals surface area (Å²) >= 11 is 0. The fraction of sp³-hybridized carbons (Fsp3) is 1.00. The van der Waals surface area contributed by atoms with Gasteiger partial charge in [-0.05, 0) is 12.8 Å². The Morgan fingerprint density at radius 2 is 2.25 bits per heavy atom. The molecule has 72 valence electrons. The van der Waals surface area contributed by atoms with E-state index in [0.717, 1.165) is 25.5 Å². The van der Waals surface area contributed by atoms with Gasteiger partial charge in [-0.25, -0.2) is 8.42 Å². The van der Waals surface area contributed by atoms with Crippen molar-refractivity contribution < 1.29 is 18.0 Å². The van der Waals surface area contributed by atoms with Crippen molar-refractivity contribution in [3.05, 3.63) is 0 Å². The first kappa shape index (κ1) is 9.91. The molecule has 0 bridgehead atoms. The number of ether oxygens (including phenoxy) is 1. The Labute approximate surface area is 72.0 Å². The van der Waals surface area contributed by atoms with E-state index in [2.05, 4.69) is 0 Å². The Kier molecular flexibility index (Phi) is 3.45. The molecule has 12 heavy (non-hydrogen) atoms. The molecule has 0 spiro atoms. The van der Waals surface area contributed by atoms with Gasteiger partial charge >= 0.3 is 0 Å². The lowest BCUT2D eigenvalue weighted by Crippen LogP contribution is -2.32. The highest BCUT2D eigenvalue weighted by molar-refractivity contribution is 7.88. The summed E-state index contributed by atoms with van der Waals surface area (Å²) in [4.78, 5) is 6.73. The summed E-state index contributed by atoms with van der Waals surface area (Å²) in [6.07, 6.45) is 3.38. The molecule has 0 saturated carbocycles. The molecule has 0 radical (unpaired) electrons. The Bertz CT molecular complexity index is 220. The van der Waals surface area contributed by atoms with Crippen molar-refractivity contribution in [1.82, 2.24) is 4.89 Å². The van der Waals surface area contributed by atoms with E-state index in [1.807, 2.05) is 4.89 Å². The quantitative estimate of drug-likeness (QED) is 0.643. The van der Waals surface area contributed by atoms with Crippen molar-refractivity contribution in [3.8, 4) is 0 Å². The second-order valence-electron chi connectivity index (χ2n) is 2.77. The second-order valence-corrected chi connectivity index (χ2v) is 4.48. The minimum absolute atomic E-state index is 0.423. The third-order valence-electron chi connectivity index (χ3n) is 1.47. The highest BCUT2D eigenvalue weighted by atomic mass is 32.2. The van der Waals surface area contributed by atoms with Gasteiger partial charge in [-0.15, -0.1) is 0 Å². The van der Waals surface area contributed by atoms with Crippen molar-refractivity contribution in [3.63, 3.8) is 0 Å². The molecule has 0 aromatic heterocycles. The monoisotopic (exact) mass is 195 g/mol. The third-order valence-corrected chi connectivity index (χ3v) is 1.87. The van der Waals surface area contributed by atoms with Gasteiger partial charge in [-0.2, -0.15) is 0 Å². The van der Waals surface area contributed by atoms with Crippen LogP contribution in [0, 0.1) is 0 Å². The van der Waals surface area contributed by atoms with Crippen LogP contribution in [-0.4, -0.2) is 27.6 Å². The molecule has 1 heterocycles. The summed E-state index contributed by atoms with van der Waals surface area (Å²) in [7, 11) is -3.28. The van der Waals surface area contributed by atoms with Crippen molar-refractivity contribution >= 4 is 10.0 Å². The molecule has 1 aliphatic heterocycles. The Hall–Kier alpha value is -0.170. The summed E-state index contributed by atoms with van der Waals surface area (Å²) in [6.45, 7) is 0.635. The summed E-state index contributed by atoms with van der Waals surface area (Å²) in [5.74, 6) is 0. The second kappa shape index (κ2) is 4.18. The van der Waals surface area contributed by atoms with Crippen LogP contribution in [-0.2, 0) is 19.6 Å². The molecule has 6 heteroatoms. The van der Waals surface area contributed by atoms with Crippen LogP contribution in [0.1, 0.15) is 19.3 Å². The number of nitrogens with one attached hydrogen (secondary N) is 1. The highest BCUT2D eigenvalue weighted by Crippen LogP contribution is 2.12. The number of hydrogen-bond acceptors (Lipinski definition) is 4. The lowest BCUT2D eigenvalue weighted by Gasteiger charge is -2.21. The van der Waals surface area contributed by atoms with E-state index < -0.39 is 16.3 Å². The molecule has 1 unspecified atom stereocenters. The summed E-state index contributed by atoms with van der Waals surface area (Å²) in [6, 6.07) is 0. The van der Waals surface area contributed by atoms with Gasteiger partial charge in [-0.3, -0.25) is 4.84 Å². The van der Waals surface area contributed by atoms with Crippen molar-refractivity contribution in [2.24, 2.45) is 0 Å². The summed E-state index contributed by atoms with van der Waals surface area (Å²) < 4.78 is 26.3. The zero-order chi connectivity index (χ0) is 9.03. The molecule has 1 rings (SSSR count). The topological polar surface area (TPSA) is 64.6 Å². The van der Waals surface area contributed by atoms with Crippen LogP contribution in [0.25, 0.3) is 0 Å². The normalized spacial score (nSPS) is 25.6. The van der Waals surface area contributed by atoms with Crippen LogP contribution in [0.2, 0.25) is 0 Å². The maximum Gasteiger partial charge on any atom is 0.230 e. The van der Waals surface area contributed by atoms with E-state index in [9.17, 15) is 8.42 Å². The average molecular weight is 195 g/mol.